The Morgan fingerprint density at radius 3 is 2.52 bits per heavy atom. The van der Waals surface area contributed by atoms with E-state index in [0.717, 1.165) is 0 Å². The summed E-state index contributed by atoms with van der Waals surface area (Å²) in [4.78, 5) is 24.9. The molecule has 116 valence electrons. The van der Waals surface area contributed by atoms with E-state index >= 15 is 0 Å². The van der Waals surface area contributed by atoms with Gasteiger partial charge >= 0.3 is 12.6 Å². The van der Waals surface area contributed by atoms with E-state index in [1.807, 2.05) is 6.92 Å². The first-order valence-corrected chi connectivity index (χ1v) is 6.39. The van der Waals surface area contributed by atoms with Crippen LogP contribution >= 0.6 is 0 Å². The molecule has 0 aliphatic rings. The number of esters is 1. The van der Waals surface area contributed by atoms with Crippen molar-refractivity contribution in [3.63, 3.8) is 0 Å². The van der Waals surface area contributed by atoms with Gasteiger partial charge in [-0.2, -0.15) is 8.78 Å². The number of ether oxygens (including phenoxy) is 2. The number of alkyl halides is 2. The van der Waals surface area contributed by atoms with Gasteiger partial charge in [-0.1, -0.05) is 19.1 Å². The van der Waals surface area contributed by atoms with Gasteiger partial charge in [0.1, 0.15) is 12.3 Å². The Morgan fingerprint density at radius 1 is 1.29 bits per heavy atom. The lowest BCUT2D eigenvalue weighted by molar-refractivity contribution is -0.141. The predicted octanol–water partition coefficient (Wildman–Crippen LogP) is 2.31. The first-order valence-electron chi connectivity index (χ1n) is 6.39. The molecule has 0 atom stereocenters. The van der Waals surface area contributed by atoms with Gasteiger partial charge in [-0.05, 0) is 18.6 Å². The lowest BCUT2D eigenvalue weighted by Gasteiger charge is -2.22. The van der Waals surface area contributed by atoms with Crippen LogP contribution in [-0.4, -0.2) is 43.6 Å². The Morgan fingerprint density at radius 2 is 1.95 bits per heavy atom. The highest BCUT2D eigenvalue weighted by atomic mass is 19.3. The van der Waals surface area contributed by atoms with E-state index in [9.17, 15) is 18.4 Å². The molecule has 0 saturated carbocycles. The normalized spacial score (nSPS) is 10.3. The first kappa shape index (κ1) is 16.9. The monoisotopic (exact) mass is 301 g/mol. The molecule has 5 nitrogen and oxygen atoms in total. The quantitative estimate of drug-likeness (QED) is 0.725. The maximum atomic E-state index is 12.4. The van der Waals surface area contributed by atoms with Gasteiger partial charge in [0, 0.05) is 6.54 Å². The molecule has 0 heterocycles. The van der Waals surface area contributed by atoms with Crippen molar-refractivity contribution in [1.29, 1.82) is 0 Å². The van der Waals surface area contributed by atoms with Gasteiger partial charge in [-0.3, -0.25) is 9.59 Å². The molecule has 0 unspecified atom stereocenters. The molecule has 0 fully saturated rings. The van der Waals surface area contributed by atoms with Gasteiger partial charge in [0.2, 0.25) is 0 Å². The van der Waals surface area contributed by atoms with Crippen LogP contribution in [0.1, 0.15) is 23.7 Å². The summed E-state index contributed by atoms with van der Waals surface area (Å²) in [6, 6.07) is 5.68. The topological polar surface area (TPSA) is 55.8 Å². The number of nitrogens with zero attached hydrogens (tertiary/aromatic N) is 1. The van der Waals surface area contributed by atoms with Crippen LogP contribution in [0.5, 0.6) is 5.75 Å². The van der Waals surface area contributed by atoms with E-state index in [1.165, 1.54) is 36.3 Å². The maximum absolute atomic E-state index is 12.4. The van der Waals surface area contributed by atoms with Crippen molar-refractivity contribution < 1.29 is 27.8 Å². The molecule has 1 rings (SSSR count). The second kappa shape index (κ2) is 8.18. The van der Waals surface area contributed by atoms with Crippen molar-refractivity contribution in [1.82, 2.24) is 4.90 Å². The highest BCUT2D eigenvalue weighted by Gasteiger charge is 2.22. The van der Waals surface area contributed by atoms with E-state index < -0.39 is 18.5 Å². The highest BCUT2D eigenvalue weighted by molar-refractivity contribution is 5.98. The summed E-state index contributed by atoms with van der Waals surface area (Å²) in [6.45, 7) is -1.14. The molecule has 0 aliphatic heterocycles. The molecule has 1 aromatic carbocycles. The zero-order valence-corrected chi connectivity index (χ0v) is 11.8. The lowest BCUT2D eigenvalue weighted by Crippen LogP contribution is -2.37. The maximum Gasteiger partial charge on any atom is 0.387 e. The summed E-state index contributed by atoms with van der Waals surface area (Å²) >= 11 is 0. The van der Waals surface area contributed by atoms with Gasteiger partial charge in [-0.25, -0.2) is 0 Å². The summed E-state index contributed by atoms with van der Waals surface area (Å²) in [5, 5.41) is 0. The number of rotatable bonds is 7. The minimum atomic E-state index is -3.03. The van der Waals surface area contributed by atoms with Crippen LogP contribution in [0.15, 0.2) is 24.3 Å². The molecule has 1 amide bonds. The van der Waals surface area contributed by atoms with Crippen LogP contribution in [0.4, 0.5) is 8.78 Å². The molecule has 1 aromatic rings. The van der Waals surface area contributed by atoms with E-state index in [0.29, 0.717) is 13.0 Å². The molecular formula is C14H17F2NO4. The summed E-state index contributed by atoms with van der Waals surface area (Å²) in [5.74, 6) is -1.36. The number of carbonyl (C=O) groups excluding carboxylic acids is 2. The Balaban J connectivity index is 3.00. The van der Waals surface area contributed by atoms with Gasteiger partial charge in [0.15, 0.2) is 0 Å². The van der Waals surface area contributed by atoms with Crippen molar-refractivity contribution in [2.24, 2.45) is 0 Å². The van der Waals surface area contributed by atoms with Gasteiger partial charge < -0.3 is 14.4 Å². The molecule has 7 heteroatoms. The number of halogens is 2. The number of benzene rings is 1. The zero-order chi connectivity index (χ0) is 15.8. The van der Waals surface area contributed by atoms with E-state index in [4.69, 9.17) is 0 Å². The minimum Gasteiger partial charge on any atom is -0.468 e. The minimum absolute atomic E-state index is 0.0184. The van der Waals surface area contributed by atoms with Crippen LogP contribution in [0.25, 0.3) is 0 Å². The standard InChI is InChI=1S/C14H17F2NO4/c1-3-8-17(9-12(18)20-2)13(19)10-6-4-5-7-11(10)21-14(15)16/h4-7,14H,3,8-9H2,1-2H3. The average Bonchev–Trinajstić information content (AvgIpc) is 2.46. The molecule has 0 radical (unpaired) electrons. The number of amides is 1. The third kappa shape index (κ3) is 5.02. The van der Waals surface area contributed by atoms with Crippen molar-refractivity contribution in [2.75, 3.05) is 20.2 Å². The van der Waals surface area contributed by atoms with Crippen LogP contribution in [-0.2, 0) is 9.53 Å². The summed E-state index contributed by atoms with van der Waals surface area (Å²) in [6.07, 6.45) is 0.612. The van der Waals surface area contributed by atoms with Crippen LogP contribution < -0.4 is 4.74 Å². The van der Waals surface area contributed by atoms with Gasteiger partial charge in [-0.15, -0.1) is 0 Å². The Bertz CT molecular complexity index is 494. The third-order valence-electron chi connectivity index (χ3n) is 2.66. The summed E-state index contributed by atoms with van der Waals surface area (Å²) in [5.41, 5.74) is -0.0184. The molecule has 0 bridgehead atoms. The number of methoxy groups -OCH3 is 1. The SMILES string of the molecule is CCCN(CC(=O)OC)C(=O)c1ccccc1OC(F)F. The molecule has 21 heavy (non-hydrogen) atoms. The second-order valence-electron chi connectivity index (χ2n) is 4.18. The average molecular weight is 301 g/mol. The van der Waals surface area contributed by atoms with Crippen LogP contribution in [0.2, 0.25) is 0 Å². The van der Waals surface area contributed by atoms with Crippen molar-refractivity contribution >= 4 is 11.9 Å². The molecule has 0 spiro atoms. The second-order valence-corrected chi connectivity index (χ2v) is 4.18. The van der Waals surface area contributed by atoms with E-state index in [-0.39, 0.29) is 17.9 Å². The fourth-order valence-electron chi connectivity index (χ4n) is 1.76. The summed E-state index contributed by atoms with van der Waals surface area (Å²) < 4.78 is 33.6. The Hall–Kier alpha value is -2.18. The Kier molecular flexibility index (Phi) is 6.58. The largest absolute Gasteiger partial charge is 0.468 e. The van der Waals surface area contributed by atoms with Crippen molar-refractivity contribution in [2.45, 2.75) is 20.0 Å². The molecular weight excluding hydrogens is 284 g/mol. The number of para-hydroxylation sites is 1. The van der Waals surface area contributed by atoms with Crippen LogP contribution in [0.3, 0.4) is 0 Å². The number of hydrogen-bond donors (Lipinski definition) is 0. The fourth-order valence-corrected chi connectivity index (χ4v) is 1.76. The van der Waals surface area contributed by atoms with Gasteiger partial charge in [0.25, 0.3) is 5.91 Å². The molecule has 0 N–H and O–H groups in total. The van der Waals surface area contributed by atoms with E-state index in [1.54, 1.807) is 0 Å². The fraction of sp³-hybridized carbons (Fsp3) is 0.429. The highest BCUT2D eigenvalue weighted by Crippen LogP contribution is 2.22. The number of carbonyl (C=O) groups is 2. The van der Waals surface area contributed by atoms with E-state index in [2.05, 4.69) is 9.47 Å². The molecule has 0 saturated heterocycles. The molecule has 0 aliphatic carbocycles. The number of hydrogen-bond acceptors (Lipinski definition) is 4. The predicted molar refractivity (Wildman–Crippen MR) is 71.3 cm³/mol. The first-order chi connectivity index (χ1) is 9.99. The van der Waals surface area contributed by atoms with Crippen molar-refractivity contribution in [3.05, 3.63) is 29.8 Å². The van der Waals surface area contributed by atoms with Crippen molar-refractivity contribution in [3.8, 4) is 5.75 Å². The smallest absolute Gasteiger partial charge is 0.387 e. The zero-order valence-electron chi connectivity index (χ0n) is 11.8. The lowest BCUT2D eigenvalue weighted by atomic mass is 10.1. The third-order valence-corrected chi connectivity index (χ3v) is 2.66. The molecule has 0 aromatic heterocycles. The Labute approximate surface area is 121 Å². The summed E-state index contributed by atoms with van der Waals surface area (Å²) in [7, 11) is 1.21. The van der Waals surface area contributed by atoms with Gasteiger partial charge in [0.05, 0.1) is 12.7 Å². The van der Waals surface area contributed by atoms with Crippen LogP contribution in [0, 0.1) is 0 Å².